The Kier molecular flexibility index (Phi) is 5.25. The van der Waals surface area contributed by atoms with Crippen molar-refractivity contribution in [3.63, 3.8) is 0 Å². The van der Waals surface area contributed by atoms with Gasteiger partial charge in [0.15, 0.2) is 0 Å². The van der Waals surface area contributed by atoms with E-state index in [0.29, 0.717) is 12.6 Å². The predicted octanol–water partition coefficient (Wildman–Crippen LogP) is 1.99. The summed E-state index contributed by atoms with van der Waals surface area (Å²) in [6, 6.07) is 9.06. The number of terminal acetylenes is 1. The fraction of sp³-hybridized carbons (Fsp3) is 0.357. The maximum Gasteiger partial charge on any atom is 0.300 e. The Morgan fingerprint density at radius 2 is 2.24 bits per heavy atom. The first-order valence-electron chi connectivity index (χ1n) is 5.59. The zero-order chi connectivity index (χ0) is 12.7. The molecule has 0 saturated heterocycles. The molecule has 0 saturated carbocycles. The Balaban J connectivity index is 0.000000317. The zero-order valence-electron chi connectivity index (χ0n) is 9.94. The first kappa shape index (κ1) is 13.3. The van der Waals surface area contributed by atoms with Crippen LogP contribution in [0, 0.1) is 12.3 Å². The van der Waals surface area contributed by atoms with Gasteiger partial charge in [0.1, 0.15) is 0 Å². The van der Waals surface area contributed by atoms with Gasteiger partial charge in [-0.05, 0) is 24.0 Å². The van der Waals surface area contributed by atoms with Crippen LogP contribution in [0.2, 0.25) is 0 Å². The number of carbonyl (C=O) groups is 1. The molecule has 3 heteroatoms. The van der Waals surface area contributed by atoms with Gasteiger partial charge in [0.05, 0.1) is 6.54 Å². The van der Waals surface area contributed by atoms with Gasteiger partial charge in [0, 0.05) is 13.0 Å². The molecule has 2 rings (SSSR count). The van der Waals surface area contributed by atoms with E-state index < -0.39 is 5.97 Å². The average Bonchev–Trinajstić information content (AvgIpc) is 2.69. The van der Waals surface area contributed by atoms with Gasteiger partial charge in [-0.1, -0.05) is 30.2 Å². The van der Waals surface area contributed by atoms with Crippen LogP contribution in [0.15, 0.2) is 24.3 Å². The Morgan fingerprint density at radius 3 is 2.88 bits per heavy atom. The summed E-state index contributed by atoms with van der Waals surface area (Å²) >= 11 is 0. The standard InChI is InChI=1S/C12H13N.C2H4O2/c1-2-9-13-12-8-7-10-5-3-4-6-11(10)12;1-2(3)4/h1,3-6,12-13H,7-9H2;1H3,(H,3,4)/t12-;/m1./s1. The molecule has 17 heavy (non-hydrogen) atoms. The number of hydrogen-bond acceptors (Lipinski definition) is 2. The van der Waals surface area contributed by atoms with Gasteiger partial charge >= 0.3 is 0 Å². The maximum atomic E-state index is 9.00. The zero-order valence-corrected chi connectivity index (χ0v) is 9.94. The molecule has 0 spiro atoms. The molecule has 1 aliphatic carbocycles. The Bertz CT molecular complexity index is 416. The molecule has 1 atom stereocenters. The summed E-state index contributed by atoms with van der Waals surface area (Å²) in [4.78, 5) is 9.00. The van der Waals surface area contributed by atoms with E-state index in [9.17, 15) is 0 Å². The van der Waals surface area contributed by atoms with E-state index in [-0.39, 0.29) is 0 Å². The highest BCUT2D eigenvalue weighted by atomic mass is 16.4. The third-order valence-corrected chi connectivity index (χ3v) is 2.58. The van der Waals surface area contributed by atoms with Crippen molar-refractivity contribution < 1.29 is 9.90 Å². The number of nitrogens with one attached hydrogen (secondary N) is 1. The van der Waals surface area contributed by atoms with E-state index >= 15 is 0 Å². The van der Waals surface area contributed by atoms with Crippen LogP contribution >= 0.6 is 0 Å². The monoisotopic (exact) mass is 231 g/mol. The number of fused-ring (bicyclic) bond motifs is 1. The molecular formula is C14H17NO2. The number of carboxylic acids is 1. The third kappa shape index (κ3) is 4.29. The highest BCUT2D eigenvalue weighted by molar-refractivity contribution is 5.62. The largest absolute Gasteiger partial charge is 0.481 e. The van der Waals surface area contributed by atoms with Crippen molar-refractivity contribution >= 4 is 5.97 Å². The molecule has 0 heterocycles. The lowest BCUT2D eigenvalue weighted by molar-refractivity contribution is -0.134. The summed E-state index contributed by atoms with van der Waals surface area (Å²) in [5.74, 6) is 1.78. The lowest BCUT2D eigenvalue weighted by Crippen LogP contribution is -2.19. The molecule has 0 amide bonds. The second kappa shape index (κ2) is 6.72. The summed E-state index contributed by atoms with van der Waals surface area (Å²) < 4.78 is 0. The summed E-state index contributed by atoms with van der Waals surface area (Å²) in [6.07, 6.45) is 7.57. The lowest BCUT2D eigenvalue weighted by atomic mass is 10.1. The number of aliphatic carboxylic acids is 1. The van der Waals surface area contributed by atoms with Gasteiger partial charge in [-0.25, -0.2) is 0 Å². The quantitative estimate of drug-likeness (QED) is 0.765. The molecular weight excluding hydrogens is 214 g/mol. The van der Waals surface area contributed by atoms with Crippen LogP contribution in [0.25, 0.3) is 0 Å². The molecule has 0 radical (unpaired) electrons. The van der Waals surface area contributed by atoms with Gasteiger partial charge in [0.25, 0.3) is 5.97 Å². The summed E-state index contributed by atoms with van der Waals surface area (Å²) in [7, 11) is 0. The molecule has 1 aromatic rings. The molecule has 0 fully saturated rings. The van der Waals surface area contributed by atoms with Crippen LogP contribution in [-0.2, 0) is 11.2 Å². The van der Waals surface area contributed by atoms with Crippen LogP contribution in [0.1, 0.15) is 30.5 Å². The van der Waals surface area contributed by atoms with Gasteiger partial charge in [-0.3, -0.25) is 10.1 Å². The van der Waals surface area contributed by atoms with E-state index in [4.69, 9.17) is 16.3 Å². The van der Waals surface area contributed by atoms with Gasteiger partial charge in [-0.15, -0.1) is 6.42 Å². The van der Waals surface area contributed by atoms with Crippen molar-refractivity contribution in [1.29, 1.82) is 0 Å². The van der Waals surface area contributed by atoms with E-state index in [1.807, 2.05) is 0 Å². The van der Waals surface area contributed by atoms with Crippen LogP contribution in [-0.4, -0.2) is 17.6 Å². The molecule has 0 aromatic heterocycles. The van der Waals surface area contributed by atoms with Gasteiger partial charge in [0.2, 0.25) is 0 Å². The van der Waals surface area contributed by atoms with E-state index in [1.165, 1.54) is 24.0 Å². The highest BCUT2D eigenvalue weighted by Crippen LogP contribution is 2.30. The second-order valence-electron chi connectivity index (χ2n) is 3.89. The molecule has 1 aliphatic rings. The average molecular weight is 231 g/mol. The minimum atomic E-state index is -0.833. The SMILES string of the molecule is C#CCN[C@@H]1CCc2ccccc21.CC(=O)O. The second-order valence-corrected chi connectivity index (χ2v) is 3.89. The number of rotatable bonds is 2. The van der Waals surface area contributed by atoms with Crippen LogP contribution in [0.5, 0.6) is 0 Å². The molecule has 0 aliphatic heterocycles. The molecule has 0 unspecified atom stereocenters. The number of carboxylic acid groups (broad SMARTS) is 1. The van der Waals surface area contributed by atoms with Crippen molar-refractivity contribution in [3.8, 4) is 12.3 Å². The minimum Gasteiger partial charge on any atom is -0.481 e. The molecule has 0 bridgehead atoms. The first-order chi connectivity index (χ1) is 8.15. The van der Waals surface area contributed by atoms with E-state index in [1.54, 1.807) is 0 Å². The molecule has 3 nitrogen and oxygen atoms in total. The fourth-order valence-electron chi connectivity index (χ4n) is 1.95. The number of benzene rings is 1. The minimum absolute atomic E-state index is 0.479. The number of aryl methyl sites for hydroxylation is 1. The van der Waals surface area contributed by atoms with E-state index in [2.05, 4.69) is 35.5 Å². The topological polar surface area (TPSA) is 49.3 Å². The fourth-order valence-corrected chi connectivity index (χ4v) is 1.95. The van der Waals surface area contributed by atoms with Crippen molar-refractivity contribution in [2.45, 2.75) is 25.8 Å². The first-order valence-corrected chi connectivity index (χ1v) is 5.59. The normalized spacial score (nSPS) is 16.4. The summed E-state index contributed by atoms with van der Waals surface area (Å²) in [5, 5.41) is 10.8. The van der Waals surface area contributed by atoms with E-state index in [0.717, 1.165) is 6.92 Å². The smallest absolute Gasteiger partial charge is 0.300 e. The predicted molar refractivity (Wildman–Crippen MR) is 67.6 cm³/mol. The Labute approximate surface area is 102 Å². The molecule has 2 N–H and O–H groups in total. The van der Waals surface area contributed by atoms with Crippen LogP contribution in [0.3, 0.4) is 0 Å². The summed E-state index contributed by atoms with van der Waals surface area (Å²) in [6.45, 7) is 1.75. The number of hydrogen-bond donors (Lipinski definition) is 2. The van der Waals surface area contributed by atoms with Crippen molar-refractivity contribution in [1.82, 2.24) is 5.32 Å². The van der Waals surface area contributed by atoms with Crippen molar-refractivity contribution in [2.24, 2.45) is 0 Å². The Hall–Kier alpha value is -1.79. The van der Waals surface area contributed by atoms with Crippen LogP contribution < -0.4 is 5.32 Å². The van der Waals surface area contributed by atoms with Gasteiger partial charge in [-0.2, -0.15) is 0 Å². The lowest BCUT2D eigenvalue weighted by Gasteiger charge is -2.10. The summed E-state index contributed by atoms with van der Waals surface area (Å²) in [5.41, 5.74) is 2.90. The van der Waals surface area contributed by atoms with Crippen molar-refractivity contribution in [3.05, 3.63) is 35.4 Å². The Morgan fingerprint density at radius 1 is 1.59 bits per heavy atom. The molecule has 90 valence electrons. The maximum absolute atomic E-state index is 9.00. The molecule has 1 aromatic carbocycles. The third-order valence-electron chi connectivity index (χ3n) is 2.58. The highest BCUT2D eigenvalue weighted by Gasteiger charge is 2.20. The van der Waals surface area contributed by atoms with Gasteiger partial charge < -0.3 is 5.11 Å². The van der Waals surface area contributed by atoms with Crippen LogP contribution in [0.4, 0.5) is 0 Å². The van der Waals surface area contributed by atoms with Crippen molar-refractivity contribution in [2.75, 3.05) is 6.54 Å².